The SMILES string of the molecule is C=c1c(-c2cc3c(-n4cnc(C)c4)cccc3[nH]2)n[nH]/c1=C/C=C(\C)c1cncc(N2CC(N)C2)n1. The summed E-state index contributed by atoms with van der Waals surface area (Å²) in [5.41, 5.74) is 12.5. The van der Waals surface area contributed by atoms with Gasteiger partial charge in [-0.25, -0.2) is 9.97 Å². The standard InChI is InChI=1S/C27H27N9/c1-16(24-10-29-11-26(32-24)35-13-19(28)14-35)7-8-21-18(3)27(34-33-21)23-9-20-22(31-23)5-4-6-25(20)36-12-17(2)30-15-36/h4-12,15,19,31,33H,3,13-14,28H2,1-2H3/b16-7+,21-8+. The number of nitrogens with two attached hydrogens (primary N) is 1. The van der Waals surface area contributed by atoms with Crippen LogP contribution in [0.3, 0.4) is 0 Å². The summed E-state index contributed by atoms with van der Waals surface area (Å²) in [6, 6.07) is 8.49. The molecule has 1 aliphatic heterocycles. The van der Waals surface area contributed by atoms with Crippen molar-refractivity contribution in [2.45, 2.75) is 19.9 Å². The summed E-state index contributed by atoms with van der Waals surface area (Å²) >= 11 is 0. The molecule has 0 radical (unpaired) electrons. The number of benzene rings is 1. The van der Waals surface area contributed by atoms with Crippen LogP contribution in [0.25, 0.3) is 46.2 Å². The van der Waals surface area contributed by atoms with Crippen LogP contribution in [0.15, 0.2) is 55.3 Å². The first-order chi connectivity index (χ1) is 17.5. The lowest BCUT2D eigenvalue weighted by Gasteiger charge is -2.37. The van der Waals surface area contributed by atoms with E-state index in [1.165, 1.54) is 0 Å². The maximum absolute atomic E-state index is 5.90. The third-order valence-corrected chi connectivity index (χ3v) is 6.54. The van der Waals surface area contributed by atoms with Gasteiger partial charge in [0.05, 0.1) is 46.8 Å². The average Bonchev–Trinajstić information content (AvgIpc) is 3.58. The molecule has 9 heteroatoms. The Morgan fingerprint density at radius 2 is 2.11 bits per heavy atom. The minimum absolute atomic E-state index is 0.212. The average molecular weight is 478 g/mol. The number of aryl methyl sites for hydroxylation is 1. The quantitative estimate of drug-likeness (QED) is 0.358. The van der Waals surface area contributed by atoms with E-state index in [0.717, 1.165) is 74.4 Å². The molecule has 0 amide bonds. The van der Waals surface area contributed by atoms with Gasteiger partial charge in [0.15, 0.2) is 0 Å². The predicted octanol–water partition coefficient (Wildman–Crippen LogP) is 2.28. The predicted molar refractivity (Wildman–Crippen MR) is 143 cm³/mol. The van der Waals surface area contributed by atoms with Gasteiger partial charge in [0.2, 0.25) is 0 Å². The molecule has 0 bridgehead atoms. The van der Waals surface area contributed by atoms with Crippen molar-refractivity contribution in [3.63, 3.8) is 0 Å². The molecule has 180 valence electrons. The van der Waals surface area contributed by atoms with Crippen molar-refractivity contribution in [2.75, 3.05) is 18.0 Å². The summed E-state index contributed by atoms with van der Waals surface area (Å²) < 4.78 is 2.03. The zero-order valence-electron chi connectivity index (χ0n) is 20.2. The lowest BCUT2D eigenvalue weighted by molar-refractivity contribution is 0.513. The second kappa shape index (κ2) is 8.62. The molecule has 5 heterocycles. The fraction of sp³-hybridized carbons (Fsp3) is 0.185. The van der Waals surface area contributed by atoms with Crippen LogP contribution < -0.4 is 21.2 Å². The number of anilines is 1. The van der Waals surface area contributed by atoms with E-state index in [1.54, 1.807) is 12.4 Å². The van der Waals surface area contributed by atoms with E-state index in [0.29, 0.717) is 0 Å². The van der Waals surface area contributed by atoms with Gasteiger partial charge in [-0.1, -0.05) is 18.7 Å². The van der Waals surface area contributed by atoms with E-state index in [2.05, 4.69) is 54.8 Å². The minimum atomic E-state index is 0.212. The van der Waals surface area contributed by atoms with Crippen molar-refractivity contribution in [2.24, 2.45) is 5.73 Å². The van der Waals surface area contributed by atoms with Crippen LogP contribution in [0.1, 0.15) is 18.3 Å². The van der Waals surface area contributed by atoms with Crippen LogP contribution in [-0.2, 0) is 0 Å². The van der Waals surface area contributed by atoms with Crippen LogP contribution in [0.2, 0.25) is 0 Å². The summed E-state index contributed by atoms with van der Waals surface area (Å²) in [7, 11) is 0. The van der Waals surface area contributed by atoms with E-state index in [-0.39, 0.29) is 6.04 Å². The van der Waals surface area contributed by atoms with Crippen molar-refractivity contribution in [1.29, 1.82) is 0 Å². The number of H-pyrrole nitrogens is 2. The molecule has 1 aliphatic rings. The normalized spacial score (nSPS) is 15.1. The largest absolute Gasteiger partial charge is 0.353 e. The summed E-state index contributed by atoms with van der Waals surface area (Å²) in [5, 5.41) is 10.4. The van der Waals surface area contributed by atoms with E-state index < -0.39 is 0 Å². The van der Waals surface area contributed by atoms with Crippen molar-refractivity contribution < 1.29 is 0 Å². The molecule has 4 N–H and O–H groups in total. The van der Waals surface area contributed by atoms with Crippen molar-refractivity contribution in [3.05, 3.63) is 77.2 Å². The number of allylic oxidation sites excluding steroid dienone is 2. The number of nitrogens with one attached hydrogen (secondary N) is 2. The zero-order valence-corrected chi connectivity index (χ0v) is 20.2. The smallest absolute Gasteiger partial charge is 0.147 e. The molecule has 1 aromatic carbocycles. The molecule has 0 aliphatic carbocycles. The van der Waals surface area contributed by atoms with E-state index >= 15 is 0 Å². The second-order valence-corrected chi connectivity index (χ2v) is 9.25. The van der Waals surface area contributed by atoms with Gasteiger partial charge in [-0.05, 0) is 43.7 Å². The van der Waals surface area contributed by atoms with Crippen molar-refractivity contribution in [1.82, 2.24) is 34.7 Å². The Balaban J connectivity index is 1.31. The summed E-state index contributed by atoms with van der Waals surface area (Å²) in [5.74, 6) is 0.854. The Morgan fingerprint density at radius 1 is 1.25 bits per heavy atom. The van der Waals surface area contributed by atoms with Gasteiger partial charge < -0.3 is 20.2 Å². The molecule has 9 nitrogen and oxygen atoms in total. The first-order valence-corrected chi connectivity index (χ1v) is 11.8. The molecule has 0 unspecified atom stereocenters. The van der Waals surface area contributed by atoms with Crippen LogP contribution >= 0.6 is 0 Å². The second-order valence-electron chi connectivity index (χ2n) is 9.25. The number of fused-ring (bicyclic) bond motifs is 1. The van der Waals surface area contributed by atoms with Crippen molar-refractivity contribution >= 4 is 34.9 Å². The first-order valence-electron chi connectivity index (χ1n) is 11.8. The van der Waals surface area contributed by atoms with Gasteiger partial charge >= 0.3 is 0 Å². The Kier molecular flexibility index (Phi) is 5.26. The number of aromatic nitrogens is 7. The van der Waals surface area contributed by atoms with Crippen LogP contribution in [0.5, 0.6) is 0 Å². The maximum atomic E-state index is 5.90. The molecule has 5 aromatic rings. The van der Waals surface area contributed by atoms with Crippen LogP contribution in [-0.4, -0.2) is 53.8 Å². The molecule has 0 atom stereocenters. The fourth-order valence-corrected chi connectivity index (χ4v) is 4.48. The van der Waals surface area contributed by atoms with Crippen molar-refractivity contribution in [3.8, 4) is 17.1 Å². The lowest BCUT2D eigenvalue weighted by atomic mass is 10.1. The van der Waals surface area contributed by atoms with E-state index in [4.69, 9.17) is 10.7 Å². The van der Waals surface area contributed by atoms with Crippen LogP contribution in [0, 0.1) is 6.92 Å². The van der Waals surface area contributed by atoms with Gasteiger partial charge in [-0.2, -0.15) is 5.10 Å². The molecule has 1 saturated heterocycles. The van der Waals surface area contributed by atoms with E-state index in [9.17, 15) is 0 Å². The van der Waals surface area contributed by atoms with E-state index in [1.807, 2.05) is 49.2 Å². The van der Waals surface area contributed by atoms with Crippen LogP contribution in [0.4, 0.5) is 5.82 Å². The monoisotopic (exact) mass is 477 g/mol. The highest BCUT2D eigenvalue weighted by Gasteiger charge is 2.24. The minimum Gasteiger partial charge on any atom is -0.353 e. The molecule has 0 spiro atoms. The Hall–Kier alpha value is -4.50. The first kappa shape index (κ1) is 22.0. The molecule has 0 saturated carbocycles. The number of hydrogen-bond acceptors (Lipinski definition) is 6. The molecule has 6 rings (SSSR count). The number of nitrogens with zero attached hydrogens (tertiary/aromatic N) is 6. The highest BCUT2D eigenvalue weighted by atomic mass is 15.3. The maximum Gasteiger partial charge on any atom is 0.147 e. The Morgan fingerprint density at radius 3 is 2.89 bits per heavy atom. The molecule has 1 fully saturated rings. The molecule has 36 heavy (non-hydrogen) atoms. The third kappa shape index (κ3) is 3.89. The number of imidazole rings is 1. The molecule has 4 aromatic heterocycles. The highest BCUT2D eigenvalue weighted by molar-refractivity contribution is 5.92. The summed E-state index contributed by atoms with van der Waals surface area (Å²) in [4.78, 5) is 19.1. The topological polar surface area (TPSA) is 117 Å². The highest BCUT2D eigenvalue weighted by Crippen LogP contribution is 2.26. The zero-order chi connectivity index (χ0) is 24.8. The third-order valence-electron chi connectivity index (χ3n) is 6.54. The molecular weight excluding hydrogens is 450 g/mol. The number of hydrogen-bond donors (Lipinski definition) is 3. The lowest BCUT2D eigenvalue weighted by Crippen LogP contribution is -2.56. The Labute approximate surface area is 207 Å². The Bertz CT molecular complexity index is 1710. The number of aromatic amines is 2. The van der Waals surface area contributed by atoms with Gasteiger partial charge in [0, 0.05) is 41.4 Å². The molecular formula is C27H27N9. The van der Waals surface area contributed by atoms with Gasteiger partial charge in [0.25, 0.3) is 0 Å². The number of rotatable bonds is 5. The van der Waals surface area contributed by atoms with Gasteiger partial charge in [-0.3, -0.25) is 10.1 Å². The summed E-state index contributed by atoms with van der Waals surface area (Å²) in [6.07, 6.45) is 11.4. The van der Waals surface area contributed by atoms with Gasteiger partial charge in [-0.15, -0.1) is 0 Å². The van der Waals surface area contributed by atoms with Gasteiger partial charge in [0.1, 0.15) is 11.5 Å². The summed E-state index contributed by atoms with van der Waals surface area (Å²) in [6.45, 7) is 9.91. The fourth-order valence-electron chi connectivity index (χ4n) is 4.48.